The van der Waals surface area contributed by atoms with Crippen molar-refractivity contribution in [3.63, 3.8) is 0 Å². The highest BCUT2D eigenvalue weighted by Gasteiger charge is 2.22. The van der Waals surface area contributed by atoms with E-state index in [-0.39, 0.29) is 6.04 Å². The lowest BCUT2D eigenvalue weighted by Crippen LogP contribution is -2.26. The van der Waals surface area contributed by atoms with Gasteiger partial charge in [-0.1, -0.05) is 6.92 Å². The van der Waals surface area contributed by atoms with E-state index in [1.165, 1.54) is 6.07 Å². The van der Waals surface area contributed by atoms with Crippen LogP contribution < -0.4 is 5.32 Å². The number of halogens is 2. The Morgan fingerprint density at radius 1 is 1.41 bits per heavy atom. The number of fused-ring (bicyclic) bond motifs is 1. The summed E-state index contributed by atoms with van der Waals surface area (Å²) < 4.78 is 32.4. The number of ether oxygens (including phenoxy) is 1. The summed E-state index contributed by atoms with van der Waals surface area (Å²) >= 11 is 0. The van der Waals surface area contributed by atoms with Gasteiger partial charge in [0.25, 0.3) is 0 Å². The van der Waals surface area contributed by atoms with E-state index < -0.39 is 11.6 Å². The summed E-state index contributed by atoms with van der Waals surface area (Å²) in [6.07, 6.45) is 1.48. The molecular weight excluding hydrogens is 224 g/mol. The van der Waals surface area contributed by atoms with Crippen molar-refractivity contribution in [3.8, 4) is 0 Å². The van der Waals surface area contributed by atoms with Crippen molar-refractivity contribution in [3.05, 3.63) is 34.9 Å². The molecule has 94 valence electrons. The molecule has 0 saturated heterocycles. The Morgan fingerprint density at radius 3 is 3.00 bits per heavy atom. The minimum Gasteiger partial charge on any atom is -0.379 e. The van der Waals surface area contributed by atoms with Crippen LogP contribution in [-0.2, 0) is 11.2 Å². The van der Waals surface area contributed by atoms with Crippen molar-refractivity contribution in [2.45, 2.75) is 25.8 Å². The molecule has 2 rings (SSSR count). The zero-order valence-corrected chi connectivity index (χ0v) is 9.93. The number of nitrogens with one attached hydrogen (secondary N) is 1. The van der Waals surface area contributed by atoms with Gasteiger partial charge in [-0.2, -0.15) is 0 Å². The van der Waals surface area contributed by atoms with Crippen LogP contribution in [0.5, 0.6) is 0 Å². The molecule has 0 aliphatic carbocycles. The maximum Gasteiger partial charge on any atom is 0.129 e. The third kappa shape index (κ3) is 2.82. The molecule has 0 spiro atoms. The van der Waals surface area contributed by atoms with Gasteiger partial charge in [-0.05, 0) is 36.6 Å². The number of hydrogen-bond acceptors (Lipinski definition) is 2. The van der Waals surface area contributed by atoms with E-state index in [0.717, 1.165) is 19.0 Å². The van der Waals surface area contributed by atoms with Crippen molar-refractivity contribution in [1.82, 2.24) is 5.32 Å². The first-order chi connectivity index (χ1) is 8.22. The van der Waals surface area contributed by atoms with Crippen LogP contribution in [0.15, 0.2) is 12.1 Å². The third-order valence-electron chi connectivity index (χ3n) is 2.99. The predicted octanol–water partition coefficient (Wildman–Crippen LogP) is 2.58. The molecule has 1 N–H and O–H groups in total. The van der Waals surface area contributed by atoms with Gasteiger partial charge in [-0.25, -0.2) is 8.78 Å². The van der Waals surface area contributed by atoms with Gasteiger partial charge in [0, 0.05) is 6.07 Å². The van der Waals surface area contributed by atoms with Crippen LogP contribution in [0.2, 0.25) is 0 Å². The van der Waals surface area contributed by atoms with Gasteiger partial charge in [-0.15, -0.1) is 0 Å². The largest absolute Gasteiger partial charge is 0.379 e. The Morgan fingerprint density at radius 2 is 2.24 bits per heavy atom. The van der Waals surface area contributed by atoms with Crippen molar-refractivity contribution < 1.29 is 13.5 Å². The molecular formula is C13H17F2NO. The van der Waals surface area contributed by atoms with Crippen molar-refractivity contribution in [2.75, 3.05) is 19.8 Å². The van der Waals surface area contributed by atoms with Gasteiger partial charge in [0.05, 0.1) is 19.3 Å². The number of rotatable bonds is 3. The van der Waals surface area contributed by atoms with Gasteiger partial charge in [-0.3, -0.25) is 0 Å². The molecule has 0 bridgehead atoms. The molecule has 1 heterocycles. The molecule has 0 radical (unpaired) electrons. The van der Waals surface area contributed by atoms with Gasteiger partial charge < -0.3 is 10.1 Å². The Labute approximate surface area is 100.0 Å². The fourth-order valence-electron chi connectivity index (χ4n) is 2.15. The minimum atomic E-state index is -0.522. The lowest BCUT2D eigenvalue weighted by Gasteiger charge is -2.18. The summed E-state index contributed by atoms with van der Waals surface area (Å²) in [7, 11) is 0. The summed E-state index contributed by atoms with van der Waals surface area (Å²) in [5.74, 6) is -0.986. The van der Waals surface area contributed by atoms with Gasteiger partial charge >= 0.3 is 0 Å². The molecule has 1 aliphatic rings. The normalized spacial score (nSPS) is 19.8. The third-order valence-corrected chi connectivity index (χ3v) is 2.99. The molecule has 1 unspecified atom stereocenters. The fraction of sp³-hybridized carbons (Fsp3) is 0.538. The lowest BCUT2D eigenvalue weighted by atomic mass is 9.98. The van der Waals surface area contributed by atoms with Gasteiger partial charge in [0.2, 0.25) is 0 Å². The van der Waals surface area contributed by atoms with Crippen LogP contribution in [0.1, 0.15) is 30.5 Å². The quantitative estimate of drug-likeness (QED) is 0.878. The Hall–Kier alpha value is -1.00. The smallest absolute Gasteiger partial charge is 0.129 e. The molecule has 17 heavy (non-hydrogen) atoms. The zero-order valence-electron chi connectivity index (χ0n) is 9.93. The van der Waals surface area contributed by atoms with Crippen molar-refractivity contribution >= 4 is 0 Å². The summed E-state index contributed by atoms with van der Waals surface area (Å²) in [5, 5.41) is 3.26. The van der Waals surface area contributed by atoms with Crippen molar-refractivity contribution in [2.24, 2.45) is 0 Å². The first-order valence-corrected chi connectivity index (χ1v) is 6.01. The first kappa shape index (κ1) is 12.5. The second-order valence-electron chi connectivity index (χ2n) is 4.29. The summed E-state index contributed by atoms with van der Waals surface area (Å²) in [4.78, 5) is 0. The Bertz CT molecular complexity index is 395. The monoisotopic (exact) mass is 241 g/mol. The van der Waals surface area contributed by atoms with E-state index in [9.17, 15) is 8.78 Å². The maximum absolute atomic E-state index is 13.7. The second kappa shape index (κ2) is 5.56. The molecule has 0 saturated carbocycles. The molecule has 0 fully saturated rings. The van der Waals surface area contributed by atoms with Crippen LogP contribution in [0, 0.1) is 11.6 Å². The molecule has 1 aromatic rings. The number of benzene rings is 1. The van der Waals surface area contributed by atoms with Crippen LogP contribution >= 0.6 is 0 Å². The molecule has 2 nitrogen and oxygen atoms in total. The average molecular weight is 241 g/mol. The average Bonchev–Trinajstić information content (AvgIpc) is 2.49. The van der Waals surface area contributed by atoms with Gasteiger partial charge in [0.1, 0.15) is 11.6 Å². The van der Waals surface area contributed by atoms with Crippen LogP contribution in [0.3, 0.4) is 0 Å². The topological polar surface area (TPSA) is 21.3 Å². The highest BCUT2D eigenvalue weighted by molar-refractivity contribution is 5.33. The van der Waals surface area contributed by atoms with E-state index in [2.05, 4.69) is 12.2 Å². The van der Waals surface area contributed by atoms with Crippen LogP contribution in [0.25, 0.3) is 0 Å². The zero-order chi connectivity index (χ0) is 12.3. The van der Waals surface area contributed by atoms with E-state index in [4.69, 9.17) is 4.74 Å². The Balaban J connectivity index is 2.33. The Kier molecular flexibility index (Phi) is 4.07. The van der Waals surface area contributed by atoms with E-state index in [1.54, 1.807) is 0 Å². The summed E-state index contributed by atoms with van der Waals surface area (Å²) in [5.41, 5.74) is 1.28. The van der Waals surface area contributed by atoms with Crippen LogP contribution in [0.4, 0.5) is 8.78 Å². The SMILES string of the molecule is CCCNC1COCCc2c(F)cc(F)cc21. The van der Waals surface area contributed by atoms with Gasteiger partial charge in [0.15, 0.2) is 0 Å². The lowest BCUT2D eigenvalue weighted by molar-refractivity contribution is 0.121. The second-order valence-corrected chi connectivity index (χ2v) is 4.29. The van der Waals surface area contributed by atoms with Crippen LogP contribution in [-0.4, -0.2) is 19.8 Å². The van der Waals surface area contributed by atoms with E-state index in [0.29, 0.717) is 30.8 Å². The molecule has 0 amide bonds. The van der Waals surface area contributed by atoms with E-state index in [1.807, 2.05) is 0 Å². The highest BCUT2D eigenvalue weighted by atomic mass is 19.1. The first-order valence-electron chi connectivity index (χ1n) is 6.01. The summed E-state index contributed by atoms with van der Waals surface area (Å²) in [6.45, 7) is 3.82. The van der Waals surface area contributed by atoms with Crippen molar-refractivity contribution in [1.29, 1.82) is 0 Å². The molecule has 1 aliphatic heterocycles. The van der Waals surface area contributed by atoms with E-state index >= 15 is 0 Å². The molecule has 1 aromatic carbocycles. The standard InChI is InChI=1S/C13H17F2NO/c1-2-4-16-13-8-17-5-3-10-11(13)6-9(14)7-12(10)15/h6-7,13,16H,2-5,8H2,1H3. The summed E-state index contributed by atoms with van der Waals surface area (Å²) in [6, 6.07) is 2.25. The maximum atomic E-state index is 13.7. The highest BCUT2D eigenvalue weighted by Crippen LogP contribution is 2.26. The fourth-order valence-corrected chi connectivity index (χ4v) is 2.15. The number of hydrogen-bond donors (Lipinski definition) is 1. The molecule has 0 aromatic heterocycles. The minimum absolute atomic E-state index is 0.113. The predicted molar refractivity (Wildman–Crippen MR) is 61.9 cm³/mol. The molecule has 4 heteroatoms. The molecule has 1 atom stereocenters.